The lowest BCUT2D eigenvalue weighted by molar-refractivity contribution is 0.0203. The smallest absolute Gasteiger partial charge is 0.191 e. The SMILES string of the molecule is CCNC(=NCC1(c2ccc(F)cc2)CCOCC1)NCCCOCC1CCOCC1.I. The average molecular weight is 563 g/mol. The lowest BCUT2D eigenvalue weighted by Gasteiger charge is -2.36. The molecule has 3 rings (SSSR count). The molecule has 32 heavy (non-hydrogen) atoms. The van der Waals surface area contributed by atoms with Crippen LogP contribution >= 0.6 is 24.0 Å². The van der Waals surface area contributed by atoms with Crippen LogP contribution in [0.1, 0.15) is 44.6 Å². The second kappa shape index (κ2) is 15.0. The fraction of sp³-hybridized carbons (Fsp3) is 0.708. The highest BCUT2D eigenvalue weighted by Crippen LogP contribution is 2.35. The minimum Gasteiger partial charge on any atom is -0.381 e. The highest BCUT2D eigenvalue weighted by Gasteiger charge is 2.34. The van der Waals surface area contributed by atoms with Gasteiger partial charge in [-0.15, -0.1) is 24.0 Å². The van der Waals surface area contributed by atoms with Crippen molar-refractivity contribution in [3.8, 4) is 0 Å². The first kappa shape index (κ1) is 27.3. The van der Waals surface area contributed by atoms with E-state index in [2.05, 4.69) is 17.6 Å². The van der Waals surface area contributed by atoms with Crippen LogP contribution in [0.15, 0.2) is 29.3 Å². The van der Waals surface area contributed by atoms with Crippen LogP contribution in [0, 0.1) is 11.7 Å². The van der Waals surface area contributed by atoms with E-state index in [0.29, 0.717) is 25.7 Å². The number of nitrogens with zero attached hydrogens (tertiary/aromatic N) is 1. The van der Waals surface area contributed by atoms with Gasteiger partial charge in [0, 0.05) is 58.1 Å². The van der Waals surface area contributed by atoms with E-state index < -0.39 is 0 Å². The highest BCUT2D eigenvalue weighted by molar-refractivity contribution is 14.0. The van der Waals surface area contributed by atoms with Gasteiger partial charge < -0.3 is 24.8 Å². The molecule has 0 amide bonds. The van der Waals surface area contributed by atoms with Gasteiger partial charge in [-0.2, -0.15) is 0 Å². The number of rotatable bonds is 10. The molecule has 0 atom stereocenters. The van der Waals surface area contributed by atoms with Crippen molar-refractivity contribution in [1.82, 2.24) is 10.6 Å². The molecular weight excluding hydrogens is 524 g/mol. The van der Waals surface area contributed by atoms with E-state index in [1.165, 1.54) is 0 Å². The Hall–Kier alpha value is -0.970. The van der Waals surface area contributed by atoms with Crippen molar-refractivity contribution in [2.24, 2.45) is 10.9 Å². The molecule has 0 bridgehead atoms. The lowest BCUT2D eigenvalue weighted by Crippen LogP contribution is -2.41. The van der Waals surface area contributed by atoms with Crippen molar-refractivity contribution in [2.75, 3.05) is 59.3 Å². The maximum absolute atomic E-state index is 13.4. The van der Waals surface area contributed by atoms with Crippen LogP contribution in [-0.2, 0) is 19.6 Å². The molecule has 2 saturated heterocycles. The molecule has 0 saturated carbocycles. The van der Waals surface area contributed by atoms with E-state index in [0.717, 1.165) is 83.1 Å². The summed E-state index contributed by atoms with van der Waals surface area (Å²) in [4.78, 5) is 4.89. The van der Waals surface area contributed by atoms with Crippen LogP contribution in [0.2, 0.25) is 0 Å². The van der Waals surface area contributed by atoms with Gasteiger partial charge in [0.25, 0.3) is 0 Å². The van der Waals surface area contributed by atoms with Crippen LogP contribution in [0.4, 0.5) is 4.39 Å². The molecule has 2 aliphatic heterocycles. The van der Waals surface area contributed by atoms with Gasteiger partial charge in [-0.1, -0.05) is 12.1 Å². The Kier molecular flexibility index (Phi) is 12.8. The first-order valence-electron chi connectivity index (χ1n) is 11.7. The van der Waals surface area contributed by atoms with Crippen LogP contribution in [0.25, 0.3) is 0 Å². The Labute approximate surface area is 209 Å². The number of nitrogens with one attached hydrogen (secondary N) is 2. The molecule has 1 aromatic rings. The van der Waals surface area contributed by atoms with Gasteiger partial charge in [0.05, 0.1) is 6.54 Å². The van der Waals surface area contributed by atoms with Gasteiger partial charge in [-0.3, -0.25) is 4.99 Å². The standard InChI is InChI=1S/C24H38FN3O3.HI/c1-2-26-23(27-12-3-13-31-18-20-8-14-29-15-9-20)28-19-24(10-16-30-17-11-24)21-4-6-22(25)7-5-21;/h4-7,20H,2-3,8-19H2,1H3,(H2,26,27,28);1H. The number of guanidine groups is 1. The molecule has 2 N–H and O–H groups in total. The summed E-state index contributed by atoms with van der Waals surface area (Å²) in [7, 11) is 0. The zero-order valence-corrected chi connectivity index (χ0v) is 21.6. The molecule has 0 unspecified atom stereocenters. The zero-order valence-electron chi connectivity index (χ0n) is 19.2. The van der Waals surface area contributed by atoms with Crippen molar-refractivity contribution in [3.63, 3.8) is 0 Å². The maximum atomic E-state index is 13.4. The number of halogens is 2. The Morgan fingerprint density at radius 3 is 2.47 bits per heavy atom. The predicted octanol–water partition coefficient (Wildman–Crippen LogP) is 3.88. The molecule has 2 heterocycles. The second-order valence-corrected chi connectivity index (χ2v) is 8.51. The molecule has 8 heteroatoms. The fourth-order valence-electron chi connectivity index (χ4n) is 4.22. The Morgan fingerprint density at radius 1 is 1.09 bits per heavy atom. The van der Waals surface area contributed by atoms with Crippen molar-refractivity contribution in [3.05, 3.63) is 35.6 Å². The summed E-state index contributed by atoms with van der Waals surface area (Å²) in [5.41, 5.74) is 1.03. The van der Waals surface area contributed by atoms with Crippen LogP contribution in [0.3, 0.4) is 0 Å². The summed E-state index contributed by atoms with van der Waals surface area (Å²) in [6, 6.07) is 6.87. The fourth-order valence-corrected chi connectivity index (χ4v) is 4.22. The monoisotopic (exact) mass is 563 g/mol. The minimum absolute atomic E-state index is 0. The normalized spacial score (nSPS) is 19.2. The van der Waals surface area contributed by atoms with Crippen LogP contribution in [-0.4, -0.2) is 65.2 Å². The number of aliphatic imine (C=N–C) groups is 1. The zero-order chi connectivity index (χ0) is 21.8. The number of benzene rings is 1. The third-order valence-corrected chi connectivity index (χ3v) is 6.24. The third kappa shape index (κ3) is 8.76. The lowest BCUT2D eigenvalue weighted by atomic mass is 9.74. The van der Waals surface area contributed by atoms with Gasteiger partial charge in [0.1, 0.15) is 5.82 Å². The van der Waals surface area contributed by atoms with Gasteiger partial charge in [-0.25, -0.2) is 4.39 Å². The molecule has 0 spiro atoms. The van der Waals surface area contributed by atoms with E-state index >= 15 is 0 Å². The summed E-state index contributed by atoms with van der Waals surface area (Å²) >= 11 is 0. The summed E-state index contributed by atoms with van der Waals surface area (Å²) in [5, 5.41) is 6.76. The number of ether oxygens (including phenoxy) is 3. The molecular formula is C24H39FIN3O3. The summed E-state index contributed by atoms with van der Waals surface area (Å²) in [6.07, 6.45) is 4.93. The van der Waals surface area contributed by atoms with Gasteiger partial charge in [-0.05, 0) is 62.6 Å². The van der Waals surface area contributed by atoms with Gasteiger partial charge >= 0.3 is 0 Å². The molecule has 0 aliphatic carbocycles. The number of hydrogen-bond donors (Lipinski definition) is 2. The van der Waals surface area contributed by atoms with E-state index in [-0.39, 0.29) is 35.2 Å². The van der Waals surface area contributed by atoms with Crippen molar-refractivity contribution in [2.45, 2.75) is 44.4 Å². The Balaban J connectivity index is 0.00000363. The van der Waals surface area contributed by atoms with Crippen molar-refractivity contribution in [1.29, 1.82) is 0 Å². The van der Waals surface area contributed by atoms with Gasteiger partial charge in [0.15, 0.2) is 5.96 Å². The predicted molar refractivity (Wildman–Crippen MR) is 137 cm³/mol. The maximum Gasteiger partial charge on any atom is 0.191 e. The minimum atomic E-state index is -0.205. The van der Waals surface area contributed by atoms with E-state index in [1.807, 2.05) is 12.1 Å². The molecule has 2 fully saturated rings. The van der Waals surface area contributed by atoms with Gasteiger partial charge in [0.2, 0.25) is 0 Å². The molecule has 6 nitrogen and oxygen atoms in total. The topological polar surface area (TPSA) is 64.1 Å². The second-order valence-electron chi connectivity index (χ2n) is 8.51. The highest BCUT2D eigenvalue weighted by atomic mass is 127. The quantitative estimate of drug-likeness (QED) is 0.196. The molecule has 2 aliphatic rings. The first-order valence-corrected chi connectivity index (χ1v) is 11.7. The Bertz CT molecular complexity index is 663. The number of hydrogen-bond acceptors (Lipinski definition) is 4. The molecule has 1 aromatic carbocycles. The Morgan fingerprint density at radius 2 is 1.78 bits per heavy atom. The van der Waals surface area contributed by atoms with E-state index in [1.54, 1.807) is 12.1 Å². The van der Waals surface area contributed by atoms with Crippen molar-refractivity contribution >= 4 is 29.9 Å². The summed E-state index contributed by atoms with van der Waals surface area (Å²) < 4.78 is 30.3. The first-order chi connectivity index (χ1) is 15.2. The molecule has 0 aromatic heterocycles. The summed E-state index contributed by atoms with van der Waals surface area (Å²) in [6.45, 7) is 9.07. The third-order valence-electron chi connectivity index (χ3n) is 6.24. The molecule has 0 radical (unpaired) electrons. The average Bonchev–Trinajstić information content (AvgIpc) is 2.81. The van der Waals surface area contributed by atoms with Crippen LogP contribution < -0.4 is 10.6 Å². The van der Waals surface area contributed by atoms with E-state index in [9.17, 15) is 4.39 Å². The largest absolute Gasteiger partial charge is 0.381 e. The van der Waals surface area contributed by atoms with Crippen LogP contribution in [0.5, 0.6) is 0 Å². The molecule has 182 valence electrons. The van der Waals surface area contributed by atoms with Crippen molar-refractivity contribution < 1.29 is 18.6 Å². The van der Waals surface area contributed by atoms with E-state index in [4.69, 9.17) is 19.2 Å². The summed E-state index contributed by atoms with van der Waals surface area (Å²) in [5.74, 6) is 1.26.